The lowest BCUT2D eigenvalue weighted by Crippen LogP contribution is -2.68. The molecule has 4 N–H and O–H groups in total. The molecule has 1 aliphatic carbocycles. The van der Waals surface area contributed by atoms with Crippen molar-refractivity contribution in [2.45, 2.75) is 44.1 Å². The van der Waals surface area contributed by atoms with E-state index in [2.05, 4.69) is 17.2 Å². The molecule has 5 heteroatoms. The maximum absolute atomic E-state index is 12.3. The van der Waals surface area contributed by atoms with E-state index in [1.54, 1.807) is 38.1 Å². The van der Waals surface area contributed by atoms with Crippen LogP contribution in [0.1, 0.15) is 36.2 Å². The van der Waals surface area contributed by atoms with Crippen LogP contribution in [0.4, 0.5) is 0 Å². The predicted octanol–water partition coefficient (Wildman–Crippen LogP) is 0.653. The lowest BCUT2D eigenvalue weighted by Gasteiger charge is -2.45. The van der Waals surface area contributed by atoms with E-state index in [1.807, 2.05) is 0 Å². The Labute approximate surface area is 136 Å². The molecule has 0 bridgehead atoms. The molecule has 1 aromatic carbocycles. The van der Waals surface area contributed by atoms with Crippen molar-refractivity contribution >= 4 is 5.91 Å². The summed E-state index contributed by atoms with van der Waals surface area (Å²) < 4.78 is 5.62. The van der Waals surface area contributed by atoms with Crippen molar-refractivity contribution in [2.24, 2.45) is 11.7 Å². The number of fused-ring (bicyclic) bond motifs is 1. The highest BCUT2D eigenvalue weighted by molar-refractivity contribution is 5.94. The summed E-state index contributed by atoms with van der Waals surface area (Å²) in [5.41, 5.74) is 6.38. The summed E-state index contributed by atoms with van der Waals surface area (Å²) in [5.74, 6) is 5.84. The van der Waals surface area contributed by atoms with Gasteiger partial charge in [-0.3, -0.25) is 4.79 Å². The molecule has 1 saturated carbocycles. The number of carbonyl (C=O) groups is 1. The smallest absolute Gasteiger partial charge is 0.251 e. The molecule has 0 unspecified atom stereocenters. The average molecular weight is 314 g/mol. The Morgan fingerprint density at radius 2 is 2.09 bits per heavy atom. The Morgan fingerprint density at radius 3 is 2.74 bits per heavy atom. The Balaban J connectivity index is 1.63. The van der Waals surface area contributed by atoms with Gasteiger partial charge in [-0.2, -0.15) is 0 Å². The molecule has 5 nitrogen and oxygen atoms in total. The monoisotopic (exact) mass is 314 g/mol. The van der Waals surface area contributed by atoms with Gasteiger partial charge in [0.2, 0.25) is 0 Å². The molecule has 0 aromatic heterocycles. The van der Waals surface area contributed by atoms with Crippen LogP contribution < -0.4 is 11.1 Å². The Morgan fingerprint density at radius 1 is 1.39 bits per heavy atom. The Bertz CT molecular complexity index is 652. The summed E-state index contributed by atoms with van der Waals surface area (Å²) in [5, 5.41) is 12.6. The van der Waals surface area contributed by atoms with E-state index in [4.69, 9.17) is 10.5 Å². The van der Waals surface area contributed by atoms with Crippen LogP contribution in [0.2, 0.25) is 0 Å². The molecule has 1 heterocycles. The van der Waals surface area contributed by atoms with Crippen LogP contribution in [-0.2, 0) is 4.74 Å². The van der Waals surface area contributed by atoms with E-state index in [9.17, 15) is 9.90 Å². The highest BCUT2D eigenvalue weighted by Gasteiger charge is 2.52. The van der Waals surface area contributed by atoms with Gasteiger partial charge < -0.3 is 20.9 Å². The molecule has 1 aliphatic heterocycles. The summed E-state index contributed by atoms with van der Waals surface area (Å²) in [6.07, 6.45) is 1.04. The van der Waals surface area contributed by atoms with Crippen molar-refractivity contribution in [2.75, 3.05) is 6.61 Å². The zero-order valence-corrected chi connectivity index (χ0v) is 13.4. The van der Waals surface area contributed by atoms with E-state index in [-0.39, 0.29) is 24.1 Å². The molecule has 0 radical (unpaired) electrons. The van der Waals surface area contributed by atoms with Crippen LogP contribution in [0, 0.1) is 17.8 Å². The van der Waals surface area contributed by atoms with E-state index < -0.39 is 5.60 Å². The molecule has 23 heavy (non-hydrogen) atoms. The summed E-state index contributed by atoms with van der Waals surface area (Å²) in [6, 6.07) is 6.85. The first-order chi connectivity index (χ1) is 10.8. The highest BCUT2D eigenvalue weighted by atomic mass is 16.5. The topological polar surface area (TPSA) is 84.6 Å². The van der Waals surface area contributed by atoms with Crippen molar-refractivity contribution in [3.63, 3.8) is 0 Å². The molecular formula is C18H22N2O3. The van der Waals surface area contributed by atoms with Gasteiger partial charge in [0.05, 0.1) is 12.1 Å². The van der Waals surface area contributed by atoms with Gasteiger partial charge in [-0.25, -0.2) is 0 Å². The first-order valence-electron chi connectivity index (χ1n) is 7.89. The largest absolute Gasteiger partial charge is 0.378 e. The summed E-state index contributed by atoms with van der Waals surface area (Å²) in [7, 11) is 0. The molecule has 122 valence electrons. The number of aliphatic hydroxyl groups is 1. The Hall–Kier alpha value is -1.87. The zero-order valence-electron chi connectivity index (χ0n) is 13.4. The average Bonchev–Trinajstić information content (AvgIpc) is 2.95. The van der Waals surface area contributed by atoms with Crippen LogP contribution in [-0.4, -0.2) is 41.4 Å². The molecule has 3 rings (SSSR count). The van der Waals surface area contributed by atoms with Crippen molar-refractivity contribution in [1.82, 2.24) is 5.32 Å². The van der Waals surface area contributed by atoms with E-state index in [0.717, 1.165) is 18.6 Å². The fourth-order valence-electron chi connectivity index (χ4n) is 3.09. The fraction of sp³-hybridized carbons (Fsp3) is 0.500. The normalized spacial score (nSPS) is 29.0. The quantitative estimate of drug-likeness (QED) is 0.700. The minimum absolute atomic E-state index is 0.0247. The minimum atomic E-state index is -1.03. The summed E-state index contributed by atoms with van der Waals surface area (Å²) in [4.78, 5) is 12.3. The second-order valence-electron chi connectivity index (χ2n) is 6.75. The van der Waals surface area contributed by atoms with Crippen LogP contribution in [0.3, 0.4) is 0 Å². The van der Waals surface area contributed by atoms with E-state index in [0.29, 0.717) is 11.5 Å². The second kappa shape index (κ2) is 5.97. The highest BCUT2D eigenvalue weighted by Crippen LogP contribution is 2.37. The molecular weight excluding hydrogens is 292 g/mol. The fourth-order valence-corrected chi connectivity index (χ4v) is 3.09. The number of nitrogens with one attached hydrogen (secondary N) is 1. The number of ether oxygens (including phenoxy) is 1. The first-order valence-corrected chi connectivity index (χ1v) is 7.89. The maximum Gasteiger partial charge on any atom is 0.251 e. The van der Waals surface area contributed by atoms with E-state index in [1.165, 1.54) is 0 Å². The van der Waals surface area contributed by atoms with Gasteiger partial charge in [0, 0.05) is 29.7 Å². The van der Waals surface area contributed by atoms with Crippen LogP contribution >= 0.6 is 0 Å². The molecule has 4 atom stereocenters. The molecule has 0 spiro atoms. The third kappa shape index (κ3) is 3.40. The van der Waals surface area contributed by atoms with Crippen molar-refractivity contribution in [3.05, 3.63) is 35.4 Å². The zero-order chi connectivity index (χ0) is 16.6. The summed E-state index contributed by atoms with van der Waals surface area (Å²) in [6.45, 7) is 3.98. The number of hydrogen-bond acceptors (Lipinski definition) is 4. The number of benzene rings is 1. The van der Waals surface area contributed by atoms with Crippen LogP contribution in [0.5, 0.6) is 0 Å². The van der Waals surface area contributed by atoms with Crippen LogP contribution in [0.25, 0.3) is 0 Å². The maximum atomic E-state index is 12.3. The van der Waals surface area contributed by atoms with Gasteiger partial charge in [0.1, 0.15) is 5.60 Å². The number of carbonyl (C=O) groups excluding carboxylic acids is 1. The third-order valence-electron chi connectivity index (χ3n) is 4.40. The van der Waals surface area contributed by atoms with Gasteiger partial charge >= 0.3 is 0 Å². The van der Waals surface area contributed by atoms with Gasteiger partial charge in [-0.1, -0.05) is 11.8 Å². The van der Waals surface area contributed by atoms with Gasteiger partial charge in [-0.15, -0.1) is 0 Å². The predicted molar refractivity (Wildman–Crippen MR) is 86.7 cm³/mol. The minimum Gasteiger partial charge on any atom is -0.378 e. The van der Waals surface area contributed by atoms with Gasteiger partial charge in [0.25, 0.3) is 5.91 Å². The molecule has 1 saturated heterocycles. The number of nitrogens with two attached hydrogens (primary N) is 1. The van der Waals surface area contributed by atoms with E-state index >= 15 is 0 Å². The standard InChI is InChI=1S/C18H22N2O3/c1-18(2,22)9-7-11-3-5-12(6-4-11)17(21)20-15-14(19)13-8-10-23-16(13)15/h3-6,13-16,22H,8,10,19H2,1-2H3,(H,20,21)/t13-,14+,15-,16-/m1/s1. The van der Waals surface area contributed by atoms with Crippen molar-refractivity contribution < 1.29 is 14.6 Å². The molecule has 1 aromatic rings. The third-order valence-corrected chi connectivity index (χ3v) is 4.40. The lowest BCUT2D eigenvalue weighted by molar-refractivity contribution is -0.0161. The Kier molecular flexibility index (Phi) is 4.15. The SMILES string of the molecule is CC(C)(O)C#Cc1ccc(C(=O)N[C@@H]2[C@@H](N)[C@H]3CCO[C@H]32)cc1. The lowest BCUT2D eigenvalue weighted by atomic mass is 9.72. The van der Waals surface area contributed by atoms with Gasteiger partial charge in [0.15, 0.2) is 0 Å². The summed E-state index contributed by atoms with van der Waals surface area (Å²) >= 11 is 0. The number of rotatable bonds is 2. The second-order valence-corrected chi connectivity index (χ2v) is 6.75. The van der Waals surface area contributed by atoms with Crippen molar-refractivity contribution in [1.29, 1.82) is 0 Å². The van der Waals surface area contributed by atoms with Gasteiger partial charge in [-0.05, 0) is 44.5 Å². The first kappa shape index (κ1) is 16.0. The molecule has 1 amide bonds. The number of hydrogen-bond donors (Lipinski definition) is 3. The van der Waals surface area contributed by atoms with Crippen molar-refractivity contribution in [3.8, 4) is 11.8 Å². The molecule has 2 aliphatic rings. The number of amides is 1. The van der Waals surface area contributed by atoms with Crippen LogP contribution in [0.15, 0.2) is 24.3 Å². The molecule has 2 fully saturated rings.